The van der Waals surface area contributed by atoms with Gasteiger partial charge in [0, 0.05) is 48.9 Å². The molecule has 11 heteroatoms. The van der Waals surface area contributed by atoms with Crippen LogP contribution < -0.4 is 16.4 Å². The minimum Gasteiger partial charge on any atom is -0.379 e. The van der Waals surface area contributed by atoms with Crippen molar-refractivity contribution in [3.63, 3.8) is 0 Å². The summed E-state index contributed by atoms with van der Waals surface area (Å²) in [4.78, 5) is 13.7. The van der Waals surface area contributed by atoms with E-state index in [2.05, 4.69) is 10.6 Å². The number of hydrogen-bond donors (Lipinski definition) is 3. The second kappa shape index (κ2) is 14.1. The fourth-order valence-electron chi connectivity index (χ4n) is 7.17. The molecule has 1 saturated carbocycles. The molecule has 0 spiro atoms. The van der Waals surface area contributed by atoms with Crippen LogP contribution in [0.2, 0.25) is 0 Å². The Labute approximate surface area is 253 Å². The van der Waals surface area contributed by atoms with Crippen LogP contribution >= 0.6 is 0 Å². The fourth-order valence-corrected chi connectivity index (χ4v) is 8.98. The monoisotopic (exact) mass is 618 g/mol. The second-order valence-corrected chi connectivity index (χ2v) is 14.2. The number of piperazine rings is 1. The van der Waals surface area contributed by atoms with Gasteiger partial charge >= 0.3 is 0 Å². The van der Waals surface area contributed by atoms with Crippen LogP contribution in [0, 0.1) is 17.6 Å². The number of halogens is 2. The molecule has 2 aromatic rings. The number of rotatable bonds is 10. The van der Waals surface area contributed by atoms with E-state index in [1.807, 2.05) is 6.92 Å². The van der Waals surface area contributed by atoms with Crippen molar-refractivity contribution in [1.82, 2.24) is 9.62 Å². The van der Waals surface area contributed by atoms with Crippen LogP contribution in [-0.2, 0) is 26.0 Å². The minimum atomic E-state index is -3.37. The van der Waals surface area contributed by atoms with Gasteiger partial charge in [-0.3, -0.25) is 4.79 Å². The summed E-state index contributed by atoms with van der Waals surface area (Å²) in [6.07, 6.45) is 5.68. The molecule has 3 fully saturated rings. The smallest absolute Gasteiger partial charge is 0.241 e. The van der Waals surface area contributed by atoms with E-state index in [9.17, 15) is 17.6 Å². The average Bonchev–Trinajstić information content (AvgIpc) is 3.10. The number of nitrogens with zero attached hydrogens (tertiary/aromatic N) is 1. The normalized spacial score (nSPS) is 28.4. The van der Waals surface area contributed by atoms with E-state index in [1.165, 1.54) is 18.2 Å². The van der Waals surface area contributed by atoms with Gasteiger partial charge in [0.15, 0.2) is 0 Å². The molecule has 0 aromatic heterocycles. The Bertz CT molecular complexity index is 1350. The average molecular weight is 619 g/mol. The lowest BCUT2D eigenvalue weighted by molar-refractivity contribution is -0.118. The molecule has 8 nitrogen and oxygen atoms in total. The van der Waals surface area contributed by atoms with E-state index < -0.39 is 27.8 Å². The van der Waals surface area contributed by atoms with Gasteiger partial charge in [-0.15, -0.1) is 0 Å². The van der Waals surface area contributed by atoms with Crippen molar-refractivity contribution >= 4 is 21.6 Å². The van der Waals surface area contributed by atoms with Crippen LogP contribution in [0.3, 0.4) is 0 Å². The molecule has 2 aliphatic heterocycles. The van der Waals surface area contributed by atoms with Crippen molar-refractivity contribution in [2.45, 2.75) is 88.4 Å². The van der Waals surface area contributed by atoms with Crippen LogP contribution in [-0.4, -0.2) is 68.3 Å². The predicted molar refractivity (Wildman–Crippen MR) is 163 cm³/mol. The van der Waals surface area contributed by atoms with E-state index >= 15 is 4.39 Å². The predicted octanol–water partition coefficient (Wildman–Crippen LogP) is 4.31. The first-order valence-corrected chi connectivity index (χ1v) is 17.2. The summed E-state index contributed by atoms with van der Waals surface area (Å²) in [5.41, 5.74) is 8.13. The van der Waals surface area contributed by atoms with Crippen molar-refractivity contribution in [3.05, 3.63) is 65.2 Å². The Morgan fingerprint density at radius 3 is 2.58 bits per heavy atom. The van der Waals surface area contributed by atoms with E-state index in [0.29, 0.717) is 43.8 Å². The highest BCUT2D eigenvalue weighted by molar-refractivity contribution is 7.89. The Kier molecular flexibility index (Phi) is 10.5. The quantitative estimate of drug-likeness (QED) is 0.366. The third-order valence-electron chi connectivity index (χ3n) is 9.44. The molecule has 236 valence electrons. The highest BCUT2D eigenvalue weighted by Gasteiger charge is 2.39. The number of carbonyl (C=O) groups excluding carboxylic acids is 1. The molecule has 5 atom stereocenters. The van der Waals surface area contributed by atoms with Crippen LogP contribution in [0.15, 0.2) is 42.5 Å². The SMILES string of the molecule is CCOC1CCC([C@H](c2ccc(F)cc2)[C@H](N)C(=O)Nc2cccc(F)c2CC[C@H]2CN[C@@H]3CCCS(=O)(=O)N2C3)CC1. The number of hydrogen-bond acceptors (Lipinski definition) is 6. The molecule has 1 amide bonds. The maximum Gasteiger partial charge on any atom is 0.241 e. The van der Waals surface area contributed by atoms with Gasteiger partial charge in [0.1, 0.15) is 11.6 Å². The lowest BCUT2D eigenvalue weighted by Gasteiger charge is -2.37. The minimum absolute atomic E-state index is 0.105. The molecule has 1 aliphatic carbocycles. The standard InChI is InChI=1S/C32H44F2N4O4S/c1-2-42-26-15-10-22(11-16-26)30(21-8-12-23(33)13-9-21)31(35)32(39)37-29-7-3-6-28(34)27(29)17-14-25-19-36-24-5-4-18-43(40,41)38(25)20-24/h3,6-9,12-13,22,24-26,30-31,36H,2,4-5,10-11,14-20,35H2,1H3,(H,37,39)/t22?,24-,25+,26?,30+,31+/m1/s1. The number of sulfonamides is 1. The first-order valence-electron chi connectivity index (χ1n) is 15.6. The first-order chi connectivity index (χ1) is 20.7. The third-order valence-corrected chi connectivity index (χ3v) is 11.4. The lowest BCUT2D eigenvalue weighted by atomic mass is 9.72. The molecular formula is C32H44F2N4O4S. The van der Waals surface area contributed by atoms with Gasteiger partial charge < -0.3 is 21.1 Å². The van der Waals surface area contributed by atoms with Crippen molar-refractivity contribution in [1.29, 1.82) is 0 Å². The zero-order valence-corrected chi connectivity index (χ0v) is 25.6. The van der Waals surface area contributed by atoms with Crippen molar-refractivity contribution in [2.75, 3.05) is 30.8 Å². The molecule has 5 rings (SSSR count). The molecular weight excluding hydrogens is 574 g/mol. The summed E-state index contributed by atoms with van der Waals surface area (Å²) in [6, 6.07) is 9.59. The van der Waals surface area contributed by atoms with Crippen molar-refractivity contribution < 1.29 is 26.7 Å². The Morgan fingerprint density at radius 2 is 1.86 bits per heavy atom. The Morgan fingerprint density at radius 1 is 1.12 bits per heavy atom. The molecule has 4 N–H and O–H groups in total. The molecule has 0 radical (unpaired) electrons. The van der Waals surface area contributed by atoms with Gasteiger partial charge in [0.25, 0.3) is 0 Å². The second-order valence-electron chi connectivity index (χ2n) is 12.2. The summed E-state index contributed by atoms with van der Waals surface area (Å²) in [7, 11) is -3.37. The highest BCUT2D eigenvalue weighted by Crippen LogP contribution is 2.39. The van der Waals surface area contributed by atoms with Gasteiger partial charge in [-0.05, 0) is 94.0 Å². The first kappa shape index (κ1) is 32.0. The summed E-state index contributed by atoms with van der Waals surface area (Å²) in [5, 5.41) is 6.33. The molecule has 2 saturated heterocycles. The molecule has 2 aromatic carbocycles. The largest absolute Gasteiger partial charge is 0.379 e. The molecule has 43 heavy (non-hydrogen) atoms. The van der Waals surface area contributed by atoms with Crippen molar-refractivity contribution in [2.24, 2.45) is 11.7 Å². The van der Waals surface area contributed by atoms with Crippen LogP contribution in [0.25, 0.3) is 0 Å². The van der Waals surface area contributed by atoms with Gasteiger partial charge in [-0.2, -0.15) is 4.31 Å². The maximum absolute atomic E-state index is 15.2. The molecule has 2 bridgehead atoms. The zero-order chi connectivity index (χ0) is 30.6. The maximum atomic E-state index is 15.2. The summed E-state index contributed by atoms with van der Waals surface area (Å²) >= 11 is 0. The Hall–Kier alpha value is -2.44. The number of benzene rings is 2. The van der Waals surface area contributed by atoms with E-state index in [-0.39, 0.29) is 48.0 Å². The van der Waals surface area contributed by atoms with Crippen LogP contribution in [0.4, 0.5) is 14.5 Å². The van der Waals surface area contributed by atoms with Gasteiger partial charge in [0.2, 0.25) is 15.9 Å². The summed E-state index contributed by atoms with van der Waals surface area (Å²) < 4.78 is 62.2. The lowest BCUT2D eigenvalue weighted by Crippen LogP contribution is -2.57. The molecule has 2 heterocycles. The number of nitrogens with one attached hydrogen (secondary N) is 2. The van der Waals surface area contributed by atoms with E-state index in [1.54, 1.807) is 28.6 Å². The van der Waals surface area contributed by atoms with Crippen LogP contribution in [0.1, 0.15) is 68.9 Å². The Balaban J connectivity index is 1.31. The van der Waals surface area contributed by atoms with Gasteiger partial charge in [-0.1, -0.05) is 18.2 Å². The van der Waals surface area contributed by atoms with E-state index in [0.717, 1.165) is 37.7 Å². The number of nitrogens with two attached hydrogens (primary N) is 1. The summed E-state index contributed by atoms with van der Waals surface area (Å²) in [6.45, 7) is 3.57. The molecule has 3 aliphatic rings. The number of fused-ring (bicyclic) bond motifs is 2. The molecule has 1 unspecified atom stereocenters. The topological polar surface area (TPSA) is 114 Å². The zero-order valence-electron chi connectivity index (χ0n) is 24.8. The van der Waals surface area contributed by atoms with E-state index in [4.69, 9.17) is 10.5 Å². The number of carbonyl (C=O) groups is 1. The fraction of sp³-hybridized carbons (Fsp3) is 0.594. The number of ether oxygens (including phenoxy) is 1. The van der Waals surface area contributed by atoms with Gasteiger partial charge in [-0.25, -0.2) is 17.2 Å². The van der Waals surface area contributed by atoms with Crippen LogP contribution in [0.5, 0.6) is 0 Å². The number of anilines is 1. The van der Waals surface area contributed by atoms with Gasteiger partial charge in [0.05, 0.1) is 17.9 Å². The summed E-state index contributed by atoms with van der Waals surface area (Å²) in [5.74, 6) is -1.38. The highest BCUT2D eigenvalue weighted by atomic mass is 32.2. The van der Waals surface area contributed by atoms with Crippen molar-refractivity contribution in [3.8, 4) is 0 Å². The third kappa shape index (κ3) is 7.62. The number of amides is 1.